The van der Waals surface area contributed by atoms with E-state index < -0.39 is 5.60 Å². The Morgan fingerprint density at radius 3 is 2.59 bits per heavy atom. The molecule has 2 aliphatic carbocycles. The molecule has 9 heteroatoms. The van der Waals surface area contributed by atoms with Crippen LogP contribution in [-0.4, -0.2) is 43.9 Å². The number of carbonyl (C=O) groups is 1. The molecule has 0 saturated heterocycles. The Morgan fingerprint density at radius 2 is 1.88 bits per heavy atom. The number of anilines is 1. The summed E-state index contributed by atoms with van der Waals surface area (Å²) in [4.78, 5) is 21.0. The van der Waals surface area contributed by atoms with E-state index in [1.807, 2.05) is 26.8 Å². The van der Waals surface area contributed by atoms with Crippen LogP contribution >= 0.6 is 0 Å². The second-order valence-electron chi connectivity index (χ2n) is 9.88. The van der Waals surface area contributed by atoms with Crippen molar-refractivity contribution in [2.45, 2.75) is 96.0 Å². The fourth-order valence-electron chi connectivity index (χ4n) is 3.98. The minimum absolute atomic E-state index is 0.176. The van der Waals surface area contributed by atoms with Gasteiger partial charge in [-0.3, -0.25) is 5.10 Å². The Kier molecular flexibility index (Phi) is 6.93. The topological polar surface area (TPSA) is 117 Å². The number of H-pyrrole nitrogens is 1. The summed E-state index contributed by atoms with van der Waals surface area (Å²) in [5, 5.41) is 17.4. The van der Waals surface area contributed by atoms with Gasteiger partial charge in [0.15, 0.2) is 0 Å². The van der Waals surface area contributed by atoms with E-state index in [2.05, 4.69) is 42.2 Å². The zero-order chi connectivity index (χ0) is 22.6. The highest BCUT2D eigenvalue weighted by molar-refractivity contribution is 5.68. The maximum absolute atomic E-state index is 12.0. The monoisotopic (exact) mass is 441 g/mol. The predicted molar refractivity (Wildman–Crippen MR) is 122 cm³/mol. The van der Waals surface area contributed by atoms with Crippen molar-refractivity contribution in [2.24, 2.45) is 0 Å². The van der Waals surface area contributed by atoms with Crippen molar-refractivity contribution in [3.05, 3.63) is 35.5 Å². The molecule has 2 aliphatic rings. The molecule has 174 valence electrons. The SMILES string of the molecule is CC(C)(C)OC(=O)NC1CCC(NCc2nccc(NCc3cc(C4CC4)n[nH]3)n2)CC1. The number of rotatable bonds is 8. The second kappa shape index (κ2) is 9.85. The van der Waals surface area contributed by atoms with Gasteiger partial charge in [-0.2, -0.15) is 5.10 Å². The summed E-state index contributed by atoms with van der Waals surface area (Å²) < 4.78 is 5.35. The predicted octanol–water partition coefficient (Wildman–Crippen LogP) is 3.61. The normalized spacial score (nSPS) is 21.2. The van der Waals surface area contributed by atoms with Crippen LogP contribution in [0.4, 0.5) is 10.6 Å². The zero-order valence-corrected chi connectivity index (χ0v) is 19.3. The minimum atomic E-state index is -0.468. The first-order valence-electron chi connectivity index (χ1n) is 11.7. The van der Waals surface area contributed by atoms with E-state index in [-0.39, 0.29) is 12.1 Å². The van der Waals surface area contributed by atoms with E-state index >= 15 is 0 Å². The lowest BCUT2D eigenvalue weighted by Crippen LogP contribution is -2.43. The Balaban J connectivity index is 1.17. The molecule has 0 radical (unpaired) electrons. The van der Waals surface area contributed by atoms with Crippen molar-refractivity contribution >= 4 is 11.9 Å². The third-order valence-electron chi connectivity index (χ3n) is 5.81. The van der Waals surface area contributed by atoms with Gasteiger partial charge < -0.3 is 20.7 Å². The first-order chi connectivity index (χ1) is 15.3. The van der Waals surface area contributed by atoms with Gasteiger partial charge in [0.1, 0.15) is 17.2 Å². The molecule has 0 aliphatic heterocycles. The molecule has 32 heavy (non-hydrogen) atoms. The van der Waals surface area contributed by atoms with Crippen LogP contribution in [0, 0.1) is 0 Å². The number of amides is 1. The van der Waals surface area contributed by atoms with Crippen molar-refractivity contribution in [1.29, 1.82) is 0 Å². The Bertz CT molecular complexity index is 896. The molecule has 1 amide bonds. The third kappa shape index (κ3) is 6.91. The maximum atomic E-state index is 12.0. The van der Waals surface area contributed by atoms with Gasteiger partial charge in [0.05, 0.1) is 24.5 Å². The number of carbonyl (C=O) groups excluding carboxylic acids is 1. The standard InChI is InChI=1S/C23H35N7O2/c1-23(2,3)32-22(31)27-17-8-6-16(7-9-17)25-14-21-24-11-10-20(28-21)26-13-18-12-19(30-29-18)15-4-5-15/h10-12,15-17,25H,4-9,13-14H2,1-3H3,(H,27,31)(H,29,30)(H,24,26,28). The minimum Gasteiger partial charge on any atom is -0.444 e. The van der Waals surface area contributed by atoms with Gasteiger partial charge in [0.2, 0.25) is 0 Å². The van der Waals surface area contributed by atoms with Crippen LogP contribution in [0.3, 0.4) is 0 Å². The Labute approximate surface area is 189 Å². The Hall–Kier alpha value is -2.68. The lowest BCUT2D eigenvalue weighted by atomic mass is 9.91. The average Bonchev–Trinajstić information content (AvgIpc) is 3.49. The summed E-state index contributed by atoms with van der Waals surface area (Å²) in [6, 6.07) is 4.60. The number of aromatic nitrogens is 4. The molecule has 4 rings (SSSR count). The molecule has 2 aromatic rings. The van der Waals surface area contributed by atoms with E-state index in [1.54, 1.807) is 6.20 Å². The fraction of sp³-hybridized carbons (Fsp3) is 0.652. The number of hydrogen-bond donors (Lipinski definition) is 4. The van der Waals surface area contributed by atoms with Crippen LogP contribution in [0.2, 0.25) is 0 Å². The smallest absolute Gasteiger partial charge is 0.407 e. The van der Waals surface area contributed by atoms with Crippen LogP contribution in [0.15, 0.2) is 18.3 Å². The highest BCUT2D eigenvalue weighted by atomic mass is 16.6. The molecule has 9 nitrogen and oxygen atoms in total. The molecular weight excluding hydrogens is 406 g/mol. The summed E-state index contributed by atoms with van der Waals surface area (Å²) >= 11 is 0. The lowest BCUT2D eigenvalue weighted by Gasteiger charge is -2.30. The third-order valence-corrected chi connectivity index (χ3v) is 5.81. The van der Waals surface area contributed by atoms with Crippen molar-refractivity contribution in [1.82, 2.24) is 30.8 Å². The van der Waals surface area contributed by atoms with Crippen LogP contribution in [0.1, 0.15) is 82.4 Å². The molecule has 0 bridgehead atoms. The van der Waals surface area contributed by atoms with E-state index in [0.717, 1.165) is 43.0 Å². The maximum Gasteiger partial charge on any atom is 0.407 e. The van der Waals surface area contributed by atoms with Crippen LogP contribution in [0.25, 0.3) is 0 Å². The van der Waals surface area contributed by atoms with E-state index in [4.69, 9.17) is 4.74 Å². The van der Waals surface area contributed by atoms with Crippen LogP contribution in [-0.2, 0) is 17.8 Å². The molecule has 2 saturated carbocycles. The average molecular weight is 442 g/mol. The van der Waals surface area contributed by atoms with E-state index in [9.17, 15) is 4.79 Å². The number of nitrogens with zero attached hydrogens (tertiary/aromatic N) is 3. The van der Waals surface area contributed by atoms with Gasteiger partial charge in [0, 0.05) is 24.2 Å². The molecular formula is C23H35N7O2. The zero-order valence-electron chi connectivity index (χ0n) is 19.3. The first-order valence-corrected chi connectivity index (χ1v) is 11.7. The van der Waals surface area contributed by atoms with Crippen molar-refractivity contribution < 1.29 is 9.53 Å². The number of ether oxygens (including phenoxy) is 1. The van der Waals surface area contributed by atoms with Gasteiger partial charge in [-0.25, -0.2) is 14.8 Å². The molecule has 0 unspecified atom stereocenters. The summed E-state index contributed by atoms with van der Waals surface area (Å²) in [5.41, 5.74) is 1.77. The quantitative estimate of drug-likeness (QED) is 0.494. The molecule has 4 N–H and O–H groups in total. The van der Waals surface area contributed by atoms with Crippen LogP contribution in [0.5, 0.6) is 0 Å². The number of hydrogen-bond acceptors (Lipinski definition) is 7. The molecule has 2 heterocycles. The van der Waals surface area contributed by atoms with E-state index in [1.165, 1.54) is 18.5 Å². The van der Waals surface area contributed by atoms with Gasteiger partial charge in [-0.1, -0.05) is 0 Å². The highest BCUT2D eigenvalue weighted by Crippen LogP contribution is 2.39. The first kappa shape index (κ1) is 22.5. The molecule has 0 atom stereocenters. The molecule has 0 spiro atoms. The number of aromatic amines is 1. The van der Waals surface area contributed by atoms with Crippen molar-refractivity contribution in [3.8, 4) is 0 Å². The fourth-order valence-corrected chi connectivity index (χ4v) is 3.98. The number of alkyl carbamates (subject to hydrolysis) is 1. The van der Waals surface area contributed by atoms with Gasteiger partial charge in [0.25, 0.3) is 0 Å². The van der Waals surface area contributed by atoms with E-state index in [0.29, 0.717) is 25.0 Å². The highest BCUT2D eigenvalue weighted by Gasteiger charge is 2.26. The summed E-state index contributed by atoms with van der Waals surface area (Å²) in [6.45, 7) is 6.92. The van der Waals surface area contributed by atoms with Gasteiger partial charge >= 0.3 is 6.09 Å². The second-order valence-corrected chi connectivity index (χ2v) is 9.88. The van der Waals surface area contributed by atoms with Gasteiger partial charge in [-0.05, 0) is 71.4 Å². The molecule has 2 fully saturated rings. The summed E-state index contributed by atoms with van der Waals surface area (Å²) in [7, 11) is 0. The Morgan fingerprint density at radius 1 is 1.12 bits per heavy atom. The molecule has 2 aromatic heterocycles. The largest absolute Gasteiger partial charge is 0.444 e. The molecule has 0 aromatic carbocycles. The van der Waals surface area contributed by atoms with Crippen LogP contribution < -0.4 is 16.0 Å². The lowest BCUT2D eigenvalue weighted by molar-refractivity contribution is 0.0489. The van der Waals surface area contributed by atoms with Gasteiger partial charge in [-0.15, -0.1) is 0 Å². The number of nitrogens with one attached hydrogen (secondary N) is 4. The van der Waals surface area contributed by atoms with Crippen molar-refractivity contribution in [2.75, 3.05) is 5.32 Å². The summed E-state index contributed by atoms with van der Waals surface area (Å²) in [5.74, 6) is 2.23. The summed E-state index contributed by atoms with van der Waals surface area (Å²) in [6.07, 6.45) is 7.84. The van der Waals surface area contributed by atoms with Crippen molar-refractivity contribution in [3.63, 3.8) is 0 Å².